The van der Waals surface area contributed by atoms with Gasteiger partial charge in [-0.2, -0.15) is 0 Å². The number of nitrogens with zero attached hydrogens (tertiary/aromatic N) is 1. The molecule has 0 spiro atoms. The lowest BCUT2D eigenvalue weighted by Gasteiger charge is -2.34. The molecule has 2 aliphatic rings. The highest BCUT2D eigenvalue weighted by atomic mass is 16.2. The first-order valence-electron chi connectivity index (χ1n) is 10.9. The van der Waals surface area contributed by atoms with E-state index in [0.717, 1.165) is 23.0 Å². The van der Waals surface area contributed by atoms with Crippen molar-refractivity contribution >= 4 is 22.7 Å². The molecule has 160 valence electrons. The number of aromatic nitrogens is 1. The van der Waals surface area contributed by atoms with E-state index in [1.54, 1.807) is 4.90 Å². The molecule has 3 atom stereocenters. The van der Waals surface area contributed by atoms with Crippen LogP contribution >= 0.6 is 0 Å². The van der Waals surface area contributed by atoms with Gasteiger partial charge in [0.15, 0.2) is 0 Å². The molecule has 0 bridgehead atoms. The van der Waals surface area contributed by atoms with Crippen LogP contribution in [0.25, 0.3) is 10.9 Å². The van der Waals surface area contributed by atoms with E-state index < -0.39 is 6.04 Å². The second kappa shape index (κ2) is 7.85. The summed E-state index contributed by atoms with van der Waals surface area (Å²) in [6, 6.07) is 13.7. The lowest BCUT2D eigenvalue weighted by molar-refractivity contribution is -0.146. The summed E-state index contributed by atoms with van der Waals surface area (Å²) in [6.45, 7) is 5.54. The zero-order valence-electron chi connectivity index (χ0n) is 17.9. The van der Waals surface area contributed by atoms with E-state index in [1.165, 1.54) is 16.7 Å². The van der Waals surface area contributed by atoms with Gasteiger partial charge in [0.25, 0.3) is 0 Å². The number of amides is 2. The first-order chi connectivity index (χ1) is 15.0. The van der Waals surface area contributed by atoms with Gasteiger partial charge in [0, 0.05) is 42.7 Å². The normalized spacial score (nSPS) is 23.3. The number of aryl methyl sites for hydroxylation is 2. The summed E-state index contributed by atoms with van der Waals surface area (Å²) >= 11 is 0. The van der Waals surface area contributed by atoms with E-state index in [-0.39, 0.29) is 23.9 Å². The van der Waals surface area contributed by atoms with Crippen molar-refractivity contribution in [2.45, 2.75) is 51.4 Å². The molecule has 3 N–H and O–H groups in total. The van der Waals surface area contributed by atoms with Gasteiger partial charge in [-0.15, -0.1) is 0 Å². The van der Waals surface area contributed by atoms with E-state index in [2.05, 4.69) is 47.7 Å². The first-order valence-corrected chi connectivity index (χ1v) is 10.9. The molecule has 2 saturated heterocycles. The fraction of sp³-hybridized carbons (Fsp3) is 0.360. The van der Waals surface area contributed by atoms with Crippen molar-refractivity contribution in [3.8, 4) is 0 Å². The molecule has 0 aliphatic carbocycles. The van der Waals surface area contributed by atoms with Crippen molar-refractivity contribution in [2.24, 2.45) is 0 Å². The quantitative estimate of drug-likeness (QED) is 0.598. The molecule has 5 rings (SSSR count). The van der Waals surface area contributed by atoms with Crippen LogP contribution in [0.1, 0.15) is 28.7 Å². The summed E-state index contributed by atoms with van der Waals surface area (Å²) in [7, 11) is 0. The molecule has 2 amide bonds. The van der Waals surface area contributed by atoms with Crippen molar-refractivity contribution in [2.75, 3.05) is 6.54 Å². The summed E-state index contributed by atoms with van der Waals surface area (Å²) in [5, 5.41) is 7.62. The summed E-state index contributed by atoms with van der Waals surface area (Å²) in [5.41, 5.74) is 5.88. The minimum absolute atomic E-state index is 0.0189. The molecular weight excluding hydrogens is 388 g/mol. The van der Waals surface area contributed by atoms with Crippen molar-refractivity contribution in [1.82, 2.24) is 20.5 Å². The van der Waals surface area contributed by atoms with Crippen LogP contribution in [0.4, 0.5) is 0 Å². The van der Waals surface area contributed by atoms with Crippen molar-refractivity contribution in [1.29, 1.82) is 0 Å². The minimum atomic E-state index is -0.513. The number of piperazine rings is 1. The number of rotatable bonds is 5. The highest BCUT2D eigenvalue weighted by Gasteiger charge is 2.46. The largest absolute Gasteiger partial charge is 0.361 e. The maximum atomic E-state index is 13.2. The van der Waals surface area contributed by atoms with Crippen molar-refractivity contribution in [3.63, 3.8) is 0 Å². The number of hydrogen-bond acceptors (Lipinski definition) is 3. The molecule has 0 radical (unpaired) electrons. The Labute approximate surface area is 182 Å². The number of aromatic amines is 1. The topological polar surface area (TPSA) is 77.2 Å². The number of carbonyl (C=O) groups is 2. The van der Waals surface area contributed by atoms with Gasteiger partial charge in [-0.3, -0.25) is 9.59 Å². The third kappa shape index (κ3) is 3.72. The predicted octanol–water partition coefficient (Wildman–Crippen LogP) is 2.58. The van der Waals surface area contributed by atoms with E-state index in [9.17, 15) is 9.59 Å². The Morgan fingerprint density at radius 1 is 1.10 bits per heavy atom. The molecular formula is C25H28N4O2. The Kier molecular flexibility index (Phi) is 5.02. The van der Waals surface area contributed by atoms with Gasteiger partial charge in [-0.1, -0.05) is 36.4 Å². The van der Waals surface area contributed by atoms with Gasteiger partial charge in [0.05, 0.1) is 0 Å². The summed E-state index contributed by atoms with van der Waals surface area (Å²) in [5.74, 6) is -0.0229. The summed E-state index contributed by atoms with van der Waals surface area (Å²) < 4.78 is 0. The number of benzene rings is 2. The Bertz CT molecular complexity index is 1150. The zero-order valence-corrected chi connectivity index (χ0v) is 17.9. The van der Waals surface area contributed by atoms with Crippen LogP contribution in [0.5, 0.6) is 0 Å². The number of hydrogen-bond donors (Lipinski definition) is 3. The maximum Gasteiger partial charge on any atom is 0.246 e. The smallest absolute Gasteiger partial charge is 0.246 e. The third-order valence-electron chi connectivity index (χ3n) is 6.77. The zero-order chi connectivity index (χ0) is 21.5. The SMILES string of the molecule is Cc1ccc(CN[C@H]2C[C@H]3C(=O)N[C@@H](Cc4c[nH]c5ccccc45)C(=O)N3C2)cc1C. The average molecular weight is 417 g/mol. The van der Waals surface area contributed by atoms with Crippen LogP contribution in [-0.4, -0.2) is 46.4 Å². The molecule has 2 fully saturated rings. The average Bonchev–Trinajstić information content (AvgIpc) is 3.38. The number of fused-ring (bicyclic) bond motifs is 2. The van der Waals surface area contributed by atoms with E-state index in [4.69, 9.17) is 0 Å². The molecule has 2 aliphatic heterocycles. The molecule has 0 unspecified atom stereocenters. The van der Waals surface area contributed by atoms with Crippen LogP contribution in [0.3, 0.4) is 0 Å². The van der Waals surface area contributed by atoms with Gasteiger partial charge in [0.2, 0.25) is 11.8 Å². The molecule has 6 nitrogen and oxygen atoms in total. The molecule has 2 aromatic carbocycles. The molecule has 0 saturated carbocycles. The van der Waals surface area contributed by atoms with Crippen LogP contribution in [-0.2, 0) is 22.6 Å². The third-order valence-corrected chi connectivity index (χ3v) is 6.77. The maximum absolute atomic E-state index is 13.2. The Morgan fingerprint density at radius 2 is 1.94 bits per heavy atom. The Morgan fingerprint density at radius 3 is 2.77 bits per heavy atom. The van der Waals surface area contributed by atoms with Gasteiger partial charge in [0.1, 0.15) is 12.1 Å². The van der Waals surface area contributed by atoms with Crippen molar-refractivity contribution < 1.29 is 9.59 Å². The second-order valence-corrected chi connectivity index (χ2v) is 8.86. The molecule has 31 heavy (non-hydrogen) atoms. The molecule has 1 aromatic heterocycles. The predicted molar refractivity (Wildman–Crippen MR) is 121 cm³/mol. The summed E-state index contributed by atoms with van der Waals surface area (Å²) in [4.78, 5) is 31.0. The highest BCUT2D eigenvalue weighted by molar-refractivity contribution is 5.98. The Hall–Kier alpha value is -3.12. The van der Waals surface area contributed by atoms with Crippen LogP contribution in [0, 0.1) is 13.8 Å². The standard InChI is InChI=1S/C25H28N4O2/c1-15-7-8-17(9-16(15)2)12-26-19-11-23-24(30)28-22(25(31)29(23)14-19)10-18-13-27-21-6-4-3-5-20(18)21/h3-9,13,19,22-23,26-27H,10-12,14H2,1-2H3,(H,28,30)/t19-,22-,23-/m0/s1. The van der Waals surface area contributed by atoms with Gasteiger partial charge in [-0.05, 0) is 48.6 Å². The number of carbonyl (C=O) groups excluding carboxylic acids is 2. The number of nitrogens with one attached hydrogen (secondary N) is 3. The van der Waals surface area contributed by atoms with Crippen LogP contribution in [0.2, 0.25) is 0 Å². The van der Waals surface area contributed by atoms with Gasteiger partial charge >= 0.3 is 0 Å². The highest BCUT2D eigenvalue weighted by Crippen LogP contribution is 2.26. The summed E-state index contributed by atoms with van der Waals surface area (Å²) in [6.07, 6.45) is 3.09. The van der Waals surface area contributed by atoms with Crippen LogP contribution in [0.15, 0.2) is 48.7 Å². The van der Waals surface area contributed by atoms with E-state index >= 15 is 0 Å². The lowest BCUT2D eigenvalue weighted by Crippen LogP contribution is -2.61. The van der Waals surface area contributed by atoms with E-state index in [0.29, 0.717) is 19.4 Å². The second-order valence-electron chi connectivity index (χ2n) is 8.86. The molecule has 3 heterocycles. The fourth-order valence-electron chi connectivity index (χ4n) is 4.84. The van der Waals surface area contributed by atoms with E-state index in [1.807, 2.05) is 30.5 Å². The molecule has 3 aromatic rings. The van der Waals surface area contributed by atoms with Crippen molar-refractivity contribution in [3.05, 3.63) is 70.9 Å². The fourth-order valence-corrected chi connectivity index (χ4v) is 4.84. The van der Waals surface area contributed by atoms with Crippen LogP contribution < -0.4 is 10.6 Å². The number of H-pyrrole nitrogens is 1. The van der Waals surface area contributed by atoms with Gasteiger partial charge in [-0.25, -0.2) is 0 Å². The first kappa shape index (κ1) is 19.8. The minimum Gasteiger partial charge on any atom is -0.361 e. The Balaban J connectivity index is 1.25. The van der Waals surface area contributed by atoms with Gasteiger partial charge < -0.3 is 20.5 Å². The number of para-hydroxylation sites is 1. The monoisotopic (exact) mass is 416 g/mol. The molecule has 6 heteroatoms. The lowest BCUT2D eigenvalue weighted by atomic mass is 10.0.